The van der Waals surface area contributed by atoms with E-state index in [0.29, 0.717) is 15.8 Å². The number of benzene rings is 2. The van der Waals surface area contributed by atoms with E-state index in [1.165, 1.54) is 12.1 Å². The molecule has 0 spiro atoms. The number of nitrogens with zero attached hydrogens (tertiary/aromatic N) is 2. The number of carbonyl (C=O) groups is 2. The summed E-state index contributed by atoms with van der Waals surface area (Å²) in [5.74, 6) is -1.77. The number of amides is 2. The molecule has 1 heterocycles. The molecule has 3 rings (SSSR count). The minimum atomic E-state index is -4.84. The van der Waals surface area contributed by atoms with Crippen LogP contribution in [0.25, 0.3) is 5.69 Å². The molecule has 2 N–H and O–H groups in total. The molecule has 6 nitrogen and oxygen atoms in total. The molecule has 0 unspecified atom stereocenters. The van der Waals surface area contributed by atoms with Crippen molar-refractivity contribution in [2.75, 3.05) is 0 Å². The zero-order valence-corrected chi connectivity index (χ0v) is 15.5. The molecule has 150 valence electrons. The van der Waals surface area contributed by atoms with Gasteiger partial charge in [-0.05, 0) is 37.6 Å². The summed E-state index contributed by atoms with van der Waals surface area (Å²) in [6.07, 6.45) is -4.02. The number of hydrogen-bond donors (Lipinski definition) is 2. The van der Waals surface area contributed by atoms with Crippen LogP contribution in [-0.2, 0) is 6.18 Å². The highest BCUT2D eigenvalue weighted by atomic mass is 19.4. The number of carbonyl (C=O) groups excluding carboxylic acids is 2. The van der Waals surface area contributed by atoms with Crippen molar-refractivity contribution in [1.29, 1.82) is 0 Å². The highest BCUT2D eigenvalue weighted by Crippen LogP contribution is 2.33. The zero-order chi connectivity index (χ0) is 21.2. The van der Waals surface area contributed by atoms with Gasteiger partial charge in [0.1, 0.15) is 0 Å². The van der Waals surface area contributed by atoms with Gasteiger partial charge in [0, 0.05) is 5.56 Å². The average molecular weight is 402 g/mol. The minimum absolute atomic E-state index is 0.151. The highest BCUT2D eigenvalue weighted by molar-refractivity contribution is 6.00. The average Bonchev–Trinajstić information content (AvgIpc) is 3.12. The minimum Gasteiger partial charge on any atom is -0.267 e. The van der Waals surface area contributed by atoms with E-state index in [9.17, 15) is 22.8 Å². The Hall–Kier alpha value is -3.62. The predicted molar refractivity (Wildman–Crippen MR) is 99.4 cm³/mol. The summed E-state index contributed by atoms with van der Waals surface area (Å²) in [6.45, 7) is 3.58. The molecule has 29 heavy (non-hydrogen) atoms. The van der Waals surface area contributed by atoms with Crippen molar-refractivity contribution in [1.82, 2.24) is 20.6 Å². The normalized spacial score (nSPS) is 11.2. The Labute approximate surface area is 164 Å². The Kier molecular flexibility index (Phi) is 5.40. The maximum absolute atomic E-state index is 13.6. The lowest BCUT2D eigenvalue weighted by Crippen LogP contribution is -2.42. The number of aryl methyl sites for hydroxylation is 2. The van der Waals surface area contributed by atoms with Gasteiger partial charge in [-0.3, -0.25) is 20.4 Å². The van der Waals surface area contributed by atoms with Gasteiger partial charge in [-0.2, -0.15) is 18.3 Å². The van der Waals surface area contributed by atoms with Crippen LogP contribution in [-0.4, -0.2) is 21.6 Å². The molecule has 2 amide bonds. The van der Waals surface area contributed by atoms with Gasteiger partial charge in [0.25, 0.3) is 11.8 Å². The first-order valence-corrected chi connectivity index (χ1v) is 8.57. The number of aromatic nitrogens is 2. The lowest BCUT2D eigenvalue weighted by molar-refractivity contribution is -0.143. The standard InChI is InChI=1S/C20H17F3N4O2/c1-12-8-9-15(13(2)10-12)18(28)25-26-19(29)16-11-24-27(17(16)20(21,22)23)14-6-4-3-5-7-14/h3-11H,1-2H3,(H,25,28)(H,26,29). The van der Waals surface area contributed by atoms with Gasteiger partial charge in [0.15, 0.2) is 5.69 Å². The lowest BCUT2D eigenvalue weighted by atomic mass is 10.1. The SMILES string of the molecule is Cc1ccc(C(=O)NNC(=O)c2cnn(-c3ccccc3)c2C(F)(F)F)c(C)c1. The Balaban J connectivity index is 1.84. The molecule has 0 aliphatic heterocycles. The second-order valence-electron chi connectivity index (χ2n) is 6.38. The highest BCUT2D eigenvalue weighted by Gasteiger charge is 2.40. The maximum atomic E-state index is 13.6. The fourth-order valence-electron chi connectivity index (χ4n) is 2.87. The van der Waals surface area contributed by atoms with Crippen molar-refractivity contribution in [2.24, 2.45) is 0 Å². The molecule has 0 atom stereocenters. The van der Waals surface area contributed by atoms with E-state index in [2.05, 4.69) is 10.5 Å². The van der Waals surface area contributed by atoms with Crippen LogP contribution in [0.5, 0.6) is 0 Å². The fraction of sp³-hybridized carbons (Fsp3) is 0.150. The van der Waals surface area contributed by atoms with Gasteiger partial charge in [-0.25, -0.2) is 4.68 Å². The maximum Gasteiger partial charge on any atom is 0.434 e. The summed E-state index contributed by atoms with van der Waals surface area (Å²) in [7, 11) is 0. The zero-order valence-electron chi connectivity index (χ0n) is 15.5. The van der Waals surface area contributed by atoms with Crippen LogP contribution in [0.15, 0.2) is 54.7 Å². The summed E-state index contributed by atoms with van der Waals surface area (Å²) in [6, 6.07) is 12.7. The van der Waals surface area contributed by atoms with E-state index in [1.54, 1.807) is 43.3 Å². The quantitative estimate of drug-likeness (QED) is 0.658. The van der Waals surface area contributed by atoms with Crippen LogP contribution < -0.4 is 10.9 Å². The van der Waals surface area contributed by atoms with Gasteiger partial charge in [-0.15, -0.1) is 0 Å². The smallest absolute Gasteiger partial charge is 0.267 e. The molecule has 0 bridgehead atoms. The molecule has 0 aliphatic rings. The summed E-state index contributed by atoms with van der Waals surface area (Å²) in [5, 5.41) is 3.71. The van der Waals surface area contributed by atoms with Gasteiger partial charge < -0.3 is 0 Å². The molecule has 2 aromatic carbocycles. The van der Waals surface area contributed by atoms with Gasteiger partial charge in [-0.1, -0.05) is 35.9 Å². The second kappa shape index (κ2) is 7.78. The molecule has 0 fully saturated rings. The van der Waals surface area contributed by atoms with Crippen molar-refractivity contribution < 1.29 is 22.8 Å². The van der Waals surface area contributed by atoms with Crippen LogP contribution in [0.2, 0.25) is 0 Å². The van der Waals surface area contributed by atoms with E-state index in [0.717, 1.165) is 11.8 Å². The summed E-state index contributed by atoms with van der Waals surface area (Å²) < 4.78 is 41.5. The monoisotopic (exact) mass is 402 g/mol. The first-order chi connectivity index (χ1) is 13.7. The van der Waals surface area contributed by atoms with E-state index in [1.807, 2.05) is 12.3 Å². The molecule has 9 heteroatoms. The second-order valence-corrected chi connectivity index (χ2v) is 6.38. The van der Waals surface area contributed by atoms with Crippen LogP contribution in [0, 0.1) is 13.8 Å². The van der Waals surface area contributed by atoms with Gasteiger partial charge in [0.2, 0.25) is 0 Å². The molecule has 0 saturated carbocycles. The van der Waals surface area contributed by atoms with Crippen LogP contribution in [0.1, 0.15) is 37.5 Å². The largest absolute Gasteiger partial charge is 0.434 e. The molecular formula is C20H17F3N4O2. The summed E-state index contributed by atoms with van der Waals surface area (Å²) in [4.78, 5) is 24.6. The predicted octanol–water partition coefficient (Wildman–Crippen LogP) is 3.58. The number of alkyl halides is 3. The van der Waals surface area contributed by atoms with E-state index in [4.69, 9.17) is 0 Å². The molecular weight excluding hydrogens is 385 g/mol. The molecule has 1 aromatic heterocycles. The first-order valence-electron chi connectivity index (χ1n) is 8.57. The van der Waals surface area contributed by atoms with Crippen molar-refractivity contribution in [3.63, 3.8) is 0 Å². The van der Waals surface area contributed by atoms with Crippen LogP contribution in [0.4, 0.5) is 13.2 Å². The number of para-hydroxylation sites is 1. The first kappa shape index (κ1) is 20.1. The summed E-state index contributed by atoms with van der Waals surface area (Å²) >= 11 is 0. The number of halogens is 3. The third-order valence-electron chi connectivity index (χ3n) is 4.20. The van der Waals surface area contributed by atoms with Crippen molar-refractivity contribution in [2.45, 2.75) is 20.0 Å². The summed E-state index contributed by atoms with van der Waals surface area (Å²) in [5.41, 5.74) is 4.30. The molecule has 0 radical (unpaired) electrons. The van der Waals surface area contributed by atoms with E-state index >= 15 is 0 Å². The molecule has 0 aliphatic carbocycles. The Bertz CT molecular complexity index is 1060. The third-order valence-corrected chi connectivity index (χ3v) is 4.20. The number of rotatable bonds is 3. The van der Waals surface area contributed by atoms with Gasteiger partial charge in [0.05, 0.1) is 17.4 Å². The van der Waals surface area contributed by atoms with E-state index in [-0.39, 0.29) is 5.69 Å². The van der Waals surface area contributed by atoms with Crippen molar-refractivity contribution >= 4 is 11.8 Å². The van der Waals surface area contributed by atoms with Crippen molar-refractivity contribution in [3.05, 3.63) is 82.7 Å². The Morgan fingerprint density at radius 2 is 1.55 bits per heavy atom. The van der Waals surface area contributed by atoms with Crippen molar-refractivity contribution in [3.8, 4) is 5.69 Å². The molecule has 0 saturated heterocycles. The Morgan fingerprint density at radius 1 is 0.931 bits per heavy atom. The Morgan fingerprint density at radius 3 is 2.14 bits per heavy atom. The lowest BCUT2D eigenvalue weighted by Gasteiger charge is -2.13. The molecule has 3 aromatic rings. The number of hydrogen-bond acceptors (Lipinski definition) is 3. The fourth-order valence-corrected chi connectivity index (χ4v) is 2.87. The third kappa shape index (κ3) is 4.29. The van der Waals surface area contributed by atoms with Crippen LogP contribution >= 0.6 is 0 Å². The van der Waals surface area contributed by atoms with E-state index < -0.39 is 29.2 Å². The number of hydrazine groups is 1. The number of nitrogens with one attached hydrogen (secondary N) is 2. The van der Waals surface area contributed by atoms with Crippen LogP contribution in [0.3, 0.4) is 0 Å². The van der Waals surface area contributed by atoms with Gasteiger partial charge >= 0.3 is 6.18 Å². The topological polar surface area (TPSA) is 76.0 Å².